The van der Waals surface area contributed by atoms with E-state index >= 15 is 0 Å². The molecular weight excluding hydrogens is 320 g/mol. The van der Waals surface area contributed by atoms with Crippen molar-refractivity contribution in [1.82, 2.24) is 16.0 Å². The molecule has 0 aliphatic carbocycles. The van der Waals surface area contributed by atoms with Crippen LogP contribution in [0.4, 0.5) is 0 Å². The van der Waals surface area contributed by atoms with Gasteiger partial charge in [0.25, 0.3) is 0 Å². The van der Waals surface area contributed by atoms with Crippen LogP contribution in [-0.2, 0) is 20.8 Å². The monoisotopic (exact) mass is 348 g/mol. The molecule has 1 atom stereocenters. The quantitative estimate of drug-likeness (QED) is 0.347. The molecule has 7 nitrogen and oxygen atoms in total. The molecule has 1 aliphatic heterocycles. The van der Waals surface area contributed by atoms with E-state index in [9.17, 15) is 4.79 Å². The van der Waals surface area contributed by atoms with Crippen molar-refractivity contribution in [3.63, 3.8) is 0 Å². The van der Waals surface area contributed by atoms with Crippen LogP contribution in [0.1, 0.15) is 18.4 Å². The molecular formula is C18H28N4O3. The molecule has 1 saturated heterocycles. The minimum absolute atomic E-state index is 0.0728. The van der Waals surface area contributed by atoms with E-state index in [4.69, 9.17) is 9.47 Å². The SMILES string of the molecule is CN=C(NCCCOC1CCOC1)NCC(=O)NCc1ccccc1. The van der Waals surface area contributed by atoms with E-state index < -0.39 is 0 Å². The summed E-state index contributed by atoms with van der Waals surface area (Å²) in [6, 6.07) is 9.82. The van der Waals surface area contributed by atoms with Gasteiger partial charge in [0.1, 0.15) is 0 Å². The summed E-state index contributed by atoms with van der Waals surface area (Å²) in [6.45, 7) is 3.63. The Balaban J connectivity index is 1.52. The zero-order valence-corrected chi connectivity index (χ0v) is 14.8. The van der Waals surface area contributed by atoms with Gasteiger partial charge in [-0.25, -0.2) is 0 Å². The van der Waals surface area contributed by atoms with Gasteiger partial charge >= 0.3 is 0 Å². The fraction of sp³-hybridized carbons (Fsp3) is 0.556. The lowest BCUT2D eigenvalue weighted by atomic mass is 10.2. The van der Waals surface area contributed by atoms with Crippen LogP contribution >= 0.6 is 0 Å². The molecule has 3 N–H and O–H groups in total. The van der Waals surface area contributed by atoms with Gasteiger partial charge < -0.3 is 25.4 Å². The highest BCUT2D eigenvalue weighted by Gasteiger charge is 2.15. The van der Waals surface area contributed by atoms with Gasteiger partial charge in [0, 0.05) is 33.4 Å². The second-order valence-electron chi connectivity index (χ2n) is 5.82. The Morgan fingerprint density at radius 3 is 2.84 bits per heavy atom. The lowest BCUT2D eigenvalue weighted by Crippen LogP contribution is -2.43. The summed E-state index contributed by atoms with van der Waals surface area (Å²) >= 11 is 0. The number of guanidine groups is 1. The van der Waals surface area contributed by atoms with Gasteiger partial charge in [0.15, 0.2) is 5.96 Å². The molecule has 0 bridgehead atoms. The highest BCUT2D eigenvalue weighted by atomic mass is 16.5. The van der Waals surface area contributed by atoms with E-state index in [-0.39, 0.29) is 18.6 Å². The zero-order chi connectivity index (χ0) is 17.7. The van der Waals surface area contributed by atoms with E-state index in [1.54, 1.807) is 7.05 Å². The number of nitrogens with zero attached hydrogens (tertiary/aromatic N) is 1. The van der Waals surface area contributed by atoms with Crippen molar-refractivity contribution < 1.29 is 14.3 Å². The molecule has 1 unspecified atom stereocenters. The molecule has 1 amide bonds. The van der Waals surface area contributed by atoms with Crippen molar-refractivity contribution in [3.8, 4) is 0 Å². The summed E-state index contributed by atoms with van der Waals surface area (Å²) in [7, 11) is 1.68. The summed E-state index contributed by atoms with van der Waals surface area (Å²) < 4.78 is 11.0. The number of ether oxygens (including phenoxy) is 2. The third kappa shape index (κ3) is 8.00. The maximum absolute atomic E-state index is 11.9. The molecule has 25 heavy (non-hydrogen) atoms. The predicted molar refractivity (Wildman–Crippen MR) is 97.4 cm³/mol. The van der Waals surface area contributed by atoms with Gasteiger partial charge in [-0.15, -0.1) is 0 Å². The smallest absolute Gasteiger partial charge is 0.239 e. The Labute approximate surface area is 149 Å². The third-order valence-electron chi connectivity index (χ3n) is 3.83. The van der Waals surface area contributed by atoms with Crippen LogP contribution in [0.3, 0.4) is 0 Å². The summed E-state index contributed by atoms with van der Waals surface area (Å²) in [5.74, 6) is 0.537. The maximum Gasteiger partial charge on any atom is 0.239 e. The highest BCUT2D eigenvalue weighted by Crippen LogP contribution is 2.07. The van der Waals surface area contributed by atoms with E-state index in [2.05, 4.69) is 20.9 Å². The molecule has 1 heterocycles. The highest BCUT2D eigenvalue weighted by molar-refractivity contribution is 5.86. The van der Waals surface area contributed by atoms with Gasteiger partial charge in [-0.05, 0) is 18.4 Å². The predicted octanol–water partition coefficient (Wildman–Crippen LogP) is 0.663. The fourth-order valence-electron chi connectivity index (χ4n) is 2.42. The fourth-order valence-corrected chi connectivity index (χ4v) is 2.42. The Morgan fingerprint density at radius 2 is 2.12 bits per heavy atom. The number of carbonyl (C=O) groups excluding carboxylic acids is 1. The van der Waals surface area contributed by atoms with Crippen LogP contribution in [-0.4, -0.2) is 57.9 Å². The second kappa shape index (κ2) is 11.4. The summed E-state index contributed by atoms with van der Waals surface area (Å²) in [6.07, 6.45) is 2.09. The first-order valence-electron chi connectivity index (χ1n) is 8.72. The first-order valence-corrected chi connectivity index (χ1v) is 8.72. The van der Waals surface area contributed by atoms with Crippen LogP contribution in [0.5, 0.6) is 0 Å². The zero-order valence-electron chi connectivity index (χ0n) is 14.8. The van der Waals surface area contributed by atoms with Crippen LogP contribution < -0.4 is 16.0 Å². The summed E-state index contributed by atoms with van der Waals surface area (Å²) in [5.41, 5.74) is 1.08. The molecule has 1 aliphatic rings. The van der Waals surface area contributed by atoms with E-state index in [0.717, 1.165) is 31.6 Å². The van der Waals surface area contributed by atoms with Crippen LogP contribution in [0.25, 0.3) is 0 Å². The van der Waals surface area contributed by atoms with E-state index in [0.29, 0.717) is 25.7 Å². The Kier molecular flexibility index (Phi) is 8.79. The number of nitrogens with one attached hydrogen (secondary N) is 3. The largest absolute Gasteiger partial charge is 0.379 e. The molecule has 1 fully saturated rings. The molecule has 0 saturated carbocycles. The van der Waals surface area contributed by atoms with Crippen LogP contribution in [0.15, 0.2) is 35.3 Å². The van der Waals surface area contributed by atoms with Crippen molar-refractivity contribution in [2.24, 2.45) is 4.99 Å². The normalized spacial score (nSPS) is 17.3. The number of benzene rings is 1. The van der Waals surface area contributed by atoms with Gasteiger partial charge in [-0.1, -0.05) is 30.3 Å². The Morgan fingerprint density at radius 1 is 1.28 bits per heavy atom. The van der Waals surface area contributed by atoms with Crippen LogP contribution in [0, 0.1) is 0 Å². The topological polar surface area (TPSA) is 84.0 Å². The van der Waals surface area contributed by atoms with Crippen molar-refractivity contribution in [2.45, 2.75) is 25.5 Å². The van der Waals surface area contributed by atoms with Crippen LogP contribution in [0.2, 0.25) is 0 Å². The number of rotatable bonds is 9. The summed E-state index contributed by atoms with van der Waals surface area (Å²) in [4.78, 5) is 16.0. The van der Waals surface area contributed by atoms with Crippen molar-refractivity contribution in [3.05, 3.63) is 35.9 Å². The van der Waals surface area contributed by atoms with E-state index in [1.165, 1.54) is 0 Å². The molecule has 2 rings (SSSR count). The first-order chi connectivity index (χ1) is 12.3. The standard InChI is InChI=1S/C18H28N4O3/c1-19-18(20-9-5-10-25-16-8-11-24-14-16)22-13-17(23)21-12-15-6-3-2-4-7-15/h2-4,6-7,16H,5,8-14H2,1H3,(H,21,23)(H2,19,20,22). The van der Waals surface area contributed by atoms with Crippen molar-refractivity contribution in [2.75, 3.05) is 40.0 Å². The van der Waals surface area contributed by atoms with Crippen molar-refractivity contribution >= 4 is 11.9 Å². The number of amides is 1. The molecule has 0 aromatic heterocycles. The van der Waals surface area contributed by atoms with E-state index in [1.807, 2.05) is 30.3 Å². The molecule has 138 valence electrons. The maximum atomic E-state index is 11.9. The third-order valence-corrected chi connectivity index (χ3v) is 3.83. The van der Waals surface area contributed by atoms with Gasteiger partial charge in [-0.3, -0.25) is 9.79 Å². The molecule has 0 spiro atoms. The first kappa shape index (κ1) is 19.2. The van der Waals surface area contributed by atoms with Crippen molar-refractivity contribution in [1.29, 1.82) is 0 Å². The lowest BCUT2D eigenvalue weighted by Gasteiger charge is -2.13. The number of hydrogen-bond donors (Lipinski definition) is 3. The molecule has 7 heteroatoms. The number of hydrogen-bond acceptors (Lipinski definition) is 4. The number of carbonyl (C=O) groups is 1. The van der Waals surface area contributed by atoms with Gasteiger partial charge in [0.2, 0.25) is 5.91 Å². The Hall–Kier alpha value is -2.12. The van der Waals surface area contributed by atoms with Gasteiger partial charge in [0.05, 0.1) is 19.3 Å². The second-order valence-corrected chi connectivity index (χ2v) is 5.82. The molecule has 1 aromatic rings. The molecule has 0 radical (unpaired) electrons. The summed E-state index contributed by atoms with van der Waals surface area (Å²) in [5, 5.41) is 9.05. The average Bonchev–Trinajstić information content (AvgIpc) is 3.16. The minimum atomic E-state index is -0.0728. The average molecular weight is 348 g/mol. The number of aliphatic imine (C=N–C) groups is 1. The molecule has 1 aromatic carbocycles. The lowest BCUT2D eigenvalue weighted by molar-refractivity contribution is -0.120. The van der Waals surface area contributed by atoms with Gasteiger partial charge in [-0.2, -0.15) is 0 Å². The minimum Gasteiger partial charge on any atom is -0.379 e. The Bertz CT molecular complexity index is 530.